The van der Waals surface area contributed by atoms with Crippen LogP contribution in [0.3, 0.4) is 0 Å². The standard InChI is InChI=1S/C28H22F2N4O4/c1-16-12-22(32-34(16)23-14-19(29)9-10-21(23)30)26-17(2)31-27-25(8-5-11-33(27)28(26)36)38-15-24(35)18-6-4-7-20(13-18)37-3/h4-14H,15H2,1-3H3. The predicted molar refractivity (Wildman–Crippen MR) is 136 cm³/mol. The molecule has 0 radical (unpaired) electrons. The van der Waals surface area contributed by atoms with Gasteiger partial charge in [-0.3, -0.25) is 14.0 Å². The lowest BCUT2D eigenvalue weighted by atomic mass is 10.1. The molecule has 0 aliphatic rings. The molecule has 0 bridgehead atoms. The van der Waals surface area contributed by atoms with Crippen LogP contribution in [0.2, 0.25) is 0 Å². The van der Waals surface area contributed by atoms with Crippen LogP contribution >= 0.6 is 0 Å². The summed E-state index contributed by atoms with van der Waals surface area (Å²) in [6.45, 7) is 3.05. The Morgan fingerprint density at radius 1 is 1.03 bits per heavy atom. The summed E-state index contributed by atoms with van der Waals surface area (Å²) in [6.07, 6.45) is 1.53. The van der Waals surface area contributed by atoms with Crippen LogP contribution in [0.4, 0.5) is 8.78 Å². The number of rotatable bonds is 7. The summed E-state index contributed by atoms with van der Waals surface area (Å²) in [7, 11) is 1.52. The molecule has 3 aromatic heterocycles. The van der Waals surface area contributed by atoms with Gasteiger partial charge in [0.25, 0.3) is 5.56 Å². The number of Topliss-reactive ketones (excluding diaryl/α,β-unsaturated/α-hetero) is 1. The summed E-state index contributed by atoms with van der Waals surface area (Å²) >= 11 is 0. The van der Waals surface area contributed by atoms with E-state index in [1.54, 1.807) is 56.3 Å². The van der Waals surface area contributed by atoms with Crippen molar-refractivity contribution < 1.29 is 23.0 Å². The summed E-state index contributed by atoms with van der Waals surface area (Å²) in [5, 5.41) is 4.38. The highest BCUT2D eigenvalue weighted by Crippen LogP contribution is 2.25. The van der Waals surface area contributed by atoms with Crippen molar-refractivity contribution >= 4 is 11.4 Å². The first kappa shape index (κ1) is 24.8. The van der Waals surface area contributed by atoms with Gasteiger partial charge in [0, 0.05) is 23.5 Å². The van der Waals surface area contributed by atoms with E-state index in [0.717, 1.165) is 18.2 Å². The molecule has 2 aromatic carbocycles. The molecule has 0 spiro atoms. The number of carbonyl (C=O) groups is 1. The number of ether oxygens (including phenoxy) is 2. The fourth-order valence-electron chi connectivity index (χ4n) is 4.16. The Labute approximate surface area is 215 Å². The molecule has 0 N–H and O–H groups in total. The van der Waals surface area contributed by atoms with Gasteiger partial charge in [0.1, 0.15) is 28.8 Å². The van der Waals surface area contributed by atoms with Gasteiger partial charge in [0.05, 0.1) is 18.4 Å². The number of methoxy groups -OCH3 is 1. The minimum absolute atomic E-state index is 0.0726. The number of nitrogens with zero attached hydrogens (tertiary/aromatic N) is 4. The molecule has 8 nitrogen and oxygen atoms in total. The molecule has 3 heterocycles. The second-order valence-electron chi connectivity index (χ2n) is 8.57. The summed E-state index contributed by atoms with van der Waals surface area (Å²) in [5.74, 6) is -0.736. The molecular weight excluding hydrogens is 494 g/mol. The lowest BCUT2D eigenvalue weighted by molar-refractivity contribution is 0.0922. The van der Waals surface area contributed by atoms with Crippen molar-refractivity contribution in [1.29, 1.82) is 0 Å². The van der Waals surface area contributed by atoms with Crippen molar-refractivity contribution in [2.75, 3.05) is 13.7 Å². The molecule has 0 aliphatic carbocycles. The summed E-state index contributed by atoms with van der Waals surface area (Å²) in [4.78, 5) is 30.7. The molecule has 0 atom stereocenters. The molecule has 0 amide bonds. The zero-order valence-corrected chi connectivity index (χ0v) is 20.7. The Balaban J connectivity index is 1.50. The van der Waals surface area contributed by atoms with Gasteiger partial charge in [0.2, 0.25) is 0 Å². The summed E-state index contributed by atoms with van der Waals surface area (Å²) in [6, 6.07) is 14.6. The van der Waals surface area contributed by atoms with E-state index in [2.05, 4.69) is 10.1 Å². The lowest BCUT2D eigenvalue weighted by Gasteiger charge is -2.11. The number of ketones is 1. The smallest absolute Gasteiger partial charge is 0.267 e. The van der Waals surface area contributed by atoms with Crippen LogP contribution in [-0.2, 0) is 0 Å². The highest BCUT2D eigenvalue weighted by Gasteiger charge is 2.20. The first-order valence-corrected chi connectivity index (χ1v) is 11.6. The van der Waals surface area contributed by atoms with Crippen LogP contribution in [0.5, 0.6) is 11.5 Å². The van der Waals surface area contributed by atoms with E-state index in [1.807, 2.05) is 0 Å². The maximum atomic E-state index is 14.4. The number of pyridine rings is 1. The van der Waals surface area contributed by atoms with Crippen molar-refractivity contribution in [2.45, 2.75) is 13.8 Å². The molecule has 10 heteroatoms. The van der Waals surface area contributed by atoms with Crippen LogP contribution in [0.1, 0.15) is 21.7 Å². The van der Waals surface area contributed by atoms with Gasteiger partial charge in [-0.2, -0.15) is 5.10 Å². The molecule has 0 saturated carbocycles. The van der Waals surface area contributed by atoms with Gasteiger partial charge in [-0.05, 0) is 56.3 Å². The Kier molecular flexibility index (Phi) is 6.46. The zero-order valence-electron chi connectivity index (χ0n) is 20.7. The lowest BCUT2D eigenvalue weighted by Crippen LogP contribution is -2.20. The molecule has 0 saturated heterocycles. The molecule has 0 fully saturated rings. The number of aromatic nitrogens is 4. The van der Waals surface area contributed by atoms with Crippen LogP contribution < -0.4 is 15.0 Å². The molecule has 192 valence electrons. The number of halogens is 2. The maximum absolute atomic E-state index is 14.4. The molecule has 0 aliphatic heterocycles. The van der Waals surface area contributed by atoms with Gasteiger partial charge >= 0.3 is 0 Å². The van der Waals surface area contributed by atoms with E-state index < -0.39 is 17.2 Å². The zero-order chi connectivity index (χ0) is 27.0. The van der Waals surface area contributed by atoms with Crippen LogP contribution in [0.25, 0.3) is 22.6 Å². The molecular formula is C28H22F2N4O4. The first-order chi connectivity index (χ1) is 18.3. The fraction of sp³-hybridized carbons (Fsp3) is 0.143. The van der Waals surface area contributed by atoms with Crippen LogP contribution in [-0.4, -0.2) is 38.7 Å². The number of hydrogen-bond donors (Lipinski definition) is 0. The van der Waals surface area contributed by atoms with Crippen LogP contribution in [0.15, 0.2) is 71.7 Å². The Hall–Kier alpha value is -4.86. The van der Waals surface area contributed by atoms with Crippen molar-refractivity contribution in [3.63, 3.8) is 0 Å². The second kappa shape index (κ2) is 9.89. The second-order valence-corrected chi connectivity index (χ2v) is 8.57. The van der Waals surface area contributed by atoms with E-state index >= 15 is 0 Å². The van der Waals surface area contributed by atoms with E-state index in [4.69, 9.17) is 9.47 Å². The van der Waals surface area contributed by atoms with E-state index in [0.29, 0.717) is 22.7 Å². The number of hydrogen-bond acceptors (Lipinski definition) is 6. The van der Waals surface area contributed by atoms with Gasteiger partial charge in [-0.1, -0.05) is 12.1 Å². The fourth-order valence-corrected chi connectivity index (χ4v) is 4.16. The van der Waals surface area contributed by atoms with Gasteiger partial charge in [-0.25, -0.2) is 18.4 Å². The van der Waals surface area contributed by atoms with Crippen molar-refractivity contribution in [3.8, 4) is 28.4 Å². The number of benzene rings is 2. The van der Waals surface area contributed by atoms with Crippen molar-refractivity contribution in [3.05, 3.63) is 106 Å². The largest absolute Gasteiger partial charge is 0.497 e. The average molecular weight is 517 g/mol. The van der Waals surface area contributed by atoms with Gasteiger partial charge < -0.3 is 9.47 Å². The van der Waals surface area contributed by atoms with E-state index in [1.165, 1.54) is 22.4 Å². The third-order valence-corrected chi connectivity index (χ3v) is 6.03. The average Bonchev–Trinajstić information content (AvgIpc) is 3.29. The highest BCUT2D eigenvalue weighted by atomic mass is 19.1. The molecule has 0 unspecified atom stereocenters. The van der Waals surface area contributed by atoms with Gasteiger partial charge in [0.15, 0.2) is 23.8 Å². The third kappa shape index (κ3) is 4.52. The van der Waals surface area contributed by atoms with Crippen molar-refractivity contribution in [2.24, 2.45) is 0 Å². The number of fused-ring (bicyclic) bond motifs is 1. The number of aryl methyl sites for hydroxylation is 2. The summed E-state index contributed by atoms with van der Waals surface area (Å²) in [5.41, 5.74) is 1.47. The topological polar surface area (TPSA) is 87.7 Å². The summed E-state index contributed by atoms with van der Waals surface area (Å²) < 4.78 is 41.6. The molecule has 38 heavy (non-hydrogen) atoms. The monoisotopic (exact) mass is 516 g/mol. The highest BCUT2D eigenvalue weighted by molar-refractivity contribution is 5.97. The number of carbonyl (C=O) groups excluding carboxylic acids is 1. The Morgan fingerprint density at radius 3 is 2.63 bits per heavy atom. The van der Waals surface area contributed by atoms with E-state index in [9.17, 15) is 18.4 Å². The SMILES string of the molecule is COc1cccc(C(=O)COc2cccn3c(=O)c(-c4cc(C)n(-c5cc(F)ccc5F)n4)c(C)nc23)c1. The van der Waals surface area contributed by atoms with Gasteiger partial charge in [-0.15, -0.1) is 0 Å². The normalized spacial score (nSPS) is 11.1. The first-order valence-electron chi connectivity index (χ1n) is 11.6. The quantitative estimate of drug-likeness (QED) is 0.291. The Bertz CT molecular complexity index is 1760. The van der Waals surface area contributed by atoms with E-state index in [-0.39, 0.29) is 40.7 Å². The van der Waals surface area contributed by atoms with Crippen LogP contribution in [0, 0.1) is 25.5 Å². The predicted octanol–water partition coefficient (Wildman–Crippen LogP) is 4.71. The molecule has 5 rings (SSSR count). The third-order valence-electron chi connectivity index (χ3n) is 6.03. The Morgan fingerprint density at radius 2 is 1.84 bits per heavy atom. The minimum atomic E-state index is -0.653. The van der Waals surface area contributed by atoms with Crippen molar-refractivity contribution in [1.82, 2.24) is 19.2 Å². The maximum Gasteiger partial charge on any atom is 0.267 e. The minimum Gasteiger partial charge on any atom is -0.497 e. The molecule has 5 aromatic rings.